The largest absolute Gasteiger partial charge is 0.495 e. The monoisotopic (exact) mass is 365 g/mol. The number of nitrogens with zero attached hydrogens (tertiary/aromatic N) is 3. The second kappa shape index (κ2) is 7.31. The van der Waals surface area contributed by atoms with E-state index in [1.807, 2.05) is 48.5 Å². The van der Waals surface area contributed by atoms with Crippen molar-refractivity contribution in [2.75, 3.05) is 49.6 Å². The minimum atomic E-state index is -0.425. The Labute approximate surface area is 158 Å². The van der Waals surface area contributed by atoms with Gasteiger partial charge in [-0.1, -0.05) is 30.3 Å². The Balaban J connectivity index is 1.41. The number of carbonyl (C=O) groups is 2. The summed E-state index contributed by atoms with van der Waals surface area (Å²) in [5.41, 5.74) is 3.01. The molecule has 2 heterocycles. The Morgan fingerprint density at radius 1 is 0.815 bits per heavy atom. The van der Waals surface area contributed by atoms with Crippen LogP contribution in [0.2, 0.25) is 0 Å². The van der Waals surface area contributed by atoms with E-state index >= 15 is 0 Å². The fourth-order valence-electron chi connectivity index (χ4n) is 3.84. The number of fused-ring (bicyclic) bond motifs is 1. The summed E-state index contributed by atoms with van der Waals surface area (Å²) in [6.07, 6.45) is 0.802. The summed E-state index contributed by atoms with van der Waals surface area (Å²) in [5, 5.41) is 0. The van der Waals surface area contributed by atoms with Gasteiger partial charge in [0, 0.05) is 38.4 Å². The quantitative estimate of drug-likeness (QED) is 0.763. The molecular weight excluding hydrogens is 342 g/mol. The molecule has 0 bridgehead atoms. The normalized spacial score (nSPS) is 16.3. The van der Waals surface area contributed by atoms with Gasteiger partial charge in [-0.3, -0.25) is 9.59 Å². The molecule has 6 nitrogen and oxygen atoms in total. The van der Waals surface area contributed by atoms with Crippen molar-refractivity contribution in [1.29, 1.82) is 0 Å². The maximum Gasteiger partial charge on any atom is 0.316 e. The summed E-state index contributed by atoms with van der Waals surface area (Å²) >= 11 is 0. The first kappa shape index (κ1) is 17.4. The highest BCUT2D eigenvalue weighted by atomic mass is 16.5. The van der Waals surface area contributed by atoms with Crippen LogP contribution in [0.5, 0.6) is 5.75 Å². The van der Waals surface area contributed by atoms with Crippen LogP contribution in [0.4, 0.5) is 11.4 Å². The number of methoxy groups -OCH3 is 1. The predicted molar refractivity (Wildman–Crippen MR) is 104 cm³/mol. The number of para-hydroxylation sites is 3. The summed E-state index contributed by atoms with van der Waals surface area (Å²) in [5.74, 6) is -0.0147. The Morgan fingerprint density at radius 2 is 1.48 bits per heavy atom. The second-order valence-corrected chi connectivity index (χ2v) is 6.79. The number of anilines is 2. The highest BCUT2D eigenvalue weighted by Crippen LogP contribution is 2.29. The lowest BCUT2D eigenvalue weighted by atomic mass is 10.2. The van der Waals surface area contributed by atoms with Crippen molar-refractivity contribution in [2.45, 2.75) is 6.42 Å². The molecule has 27 heavy (non-hydrogen) atoms. The van der Waals surface area contributed by atoms with Crippen molar-refractivity contribution in [1.82, 2.24) is 4.90 Å². The average molecular weight is 365 g/mol. The zero-order valence-electron chi connectivity index (χ0n) is 15.4. The van der Waals surface area contributed by atoms with E-state index < -0.39 is 11.8 Å². The summed E-state index contributed by atoms with van der Waals surface area (Å²) < 4.78 is 5.43. The molecule has 2 aliphatic rings. The van der Waals surface area contributed by atoms with Gasteiger partial charge in [-0.15, -0.1) is 0 Å². The minimum absolute atomic E-state index is 0.411. The molecule has 0 N–H and O–H groups in total. The van der Waals surface area contributed by atoms with Gasteiger partial charge < -0.3 is 19.4 Å². The number of ether oxygens (including phenoxy) is 1. The van der Waals surface area contributed by atoms with Gasteiger partial charge >= 0.3 is 11.8 Å². The van der Waals surface area contributed by atoms with E-state index in [4.69, 9.17) is 4.74 Å². The SMILES string of the molecule is COc1ccccc1N1CCN(C(=O)C(=O)N2CCc3ccccc32)CC1. The van der Waals surface area contributed by atoms with Gasteiger partial charge in [-0.25, -0.2) is 0 Å². The highest BCUT2D eigenvalue weighted by Gasteiger charge is 2.33. The Hall–Kier alpha value is -3.02. The van der Waals surface area contributed by atoms with Crippen LogP contribution in [-0.4, -0.2) is 56.5 Å². The summed E-state index contributed by atoms with van der Waals surface area (Å²) in [7, 11) is 1.66. The molecule has 1 fully saturated rings. The topological polar surface area (TPSA) is 53.1 Å². The molecule has 0 aromatic heterocycles. The molecule has 0 spiro atoms. The lowest BCUT2D eigenvalue weighted by Crippen LogP contribution is -2.53. The molecule has 2 aromatic carbocycles. The lowest BCUT2D eigenvalue weighted by Gasteiger charge is -2.36. The smallest absolute Gasteiger partial charge is 0.316 e. The predicted octanol–water partition coefficient (Wildman–Crippen LogP) is 1.93. The minimum Gasteiger partial charge on any atom is -0.495 e. The number of benzene rings is 2. The fraction of sp³-hybridized carbons (Fsp3) is 0.333. The molecule has 2 amide bonds. The molecule has 140 valence electrons. The summed E-state index contributed by atoms with van der Waals surface area (Å²) in [6.45, 7) is 2.98. The van der Waals surface area contributed by atoms with Crippen molar-refractivity contribution in [3.05, 3.63) is 54.1 Å². The molecule has 0 radical (unpaired) electrons. The molecule has 2 aliphatic heterocycles. The van der Waals surface area contributed by atoms with Crippen LogP contribution < -0.4 is 14.5 Å². The van der Waals surface area contributed by atoms with E-state index in [1.54, 1.807) is 16.9 Å². The standard InChI is InChI=1S/C21H23N3O3/c1-27-19-9-5-4-8-18(19)22-12-14-23(15-13-22)20(25)21(26)24-11-10-16-6-2-3-7-17(16)24/h2-9H,10-15H2,1H3. The third-order valence-corrected chi connectivity index (χ3v) is 5.31. The molecule has 0 saturated carbocycles. The van der Waals surface area contributed by atoms with Crippen LogP contribution in [0.1, 0.15) is 5.56 Å². The molecule has 6 heteroatoms. The lowest BCUT2D eigenvalue weighted by molar-refractivity contribution is -0.144. The van der Waals surface area contributed by atoms with Crippen molar-refractivity contribution < 1.29 is 14.3 Å². The fourth-order valence-corrected chi connectivity index (χ4v) is 3.84. The number of piperazine rings is 1. The van der Waals surface area contributed by atoms with Crippen LogP contribution in [0.3, 0.4) is 0 Å². The first-order chi connectivity index (χ1) is 13.2. The number of amides is 2. The molecule has 0 unspecified atom stereocenters. The van der Waals surface area contributed by atoms with E-state index in [0.717, 1.165) is 29.1 Å². The third-order valence-electron chi connectivity index (χ3n) is 5.31. The number of hydrogen-bond acceptors (Lipinski definition) is 4. The zero-order valence-corrected chi connectivity index (χ0v) is 15.4. The molecule has 0 atom stereocenters. The van der Waals surface area contributed by atoms with Crippen molar-refractivity contribution in [3.8, 4) is 5.75 Å². The first-order valence-corrected chi connectivity index (χ1v) is 9.25. The van der Waals surface area contributed by atoms with E-state index in [9.17, 15) is 9.59 Å². The van der Waals surface area contributed by atoms with Crippen molar-refractivity contribution in [3.63, 3.8) is 0 Å². The summed E-state index contributed by atoms with van der Waals surface area (Å²) in [4.78, 5) is 31.0. The van der Waals surface area contributed by atoms with Gasteiger partial charge in [-0.05, 0) is 30.2 Å². The van der Waals surface area contributed by atoms with E-state index in [2.05, 4.69) is 4.90 Å². The maximum atomic E-state index is 12.8. The van der Waals surface area contributed by atoms with Gasteiger partial charge in [0.1, 0.15) is 5.75 Å². The molecule has 1 saturated heterocycles. The van der Waals surface area contributed by atoms with Crippen LogP contribution in [-0.2, 0) is 16.0 Å². The van der Waals surface area contributed by atoms with Gasteiger partial charge in [-0.2, -0.15) is 0 Å². The van der Waals surface area contributed by atoms with Gasteiger partial charge in [0.05, 0.1) is 12.8 Å². The van der Waals surface area contributed by atoms with Gasteiger partial charge in [0.15, 0.2) is 0 Å². The zero-order chi connectivity index (χ0) is 18.8. The average Bonchev–Trinajstić information content (AvgIpc) is 3.17. The Bertz CT molecular complexity index is 859. The van der Waals surface area contributed by atoms with Gasteiger partial charge in [0.25, 0.3) is 0 Å². The molecule has 0 aliphatic carbocycles. The van der Waals surface area contributed by atoms with E-state index in [-0.39, 0.29) is 0 Å². The second-order valence-electron chi connectivity index (χ2n) is 6.79. The molecule has 2 aromatic rings. The Kier molecular flexibility index (Phi) is 4.71. The van der Waals surface area contributed by atoms with Crippen LogP contribution in [0, 0.1) is 0 Å². The van der Waals surface area contributed by atoms with Crippen LogP contribution >= 0.6 is 0 Å². The number of carbonyl (C=O) groups excluding carboxylic acids is 2. The van der Waals surface area contributed by atoms with E-state index in [0.29, 0.717) is 32.7 Å². The van der Waals surface area contributed by atoms with Gasteiger partial charge in [0.2, 0.25) is 0 Å². The van der Waals surface area contributed by atoms with E-state index in [1.165, 1.54) is 0 Å². The third kappa shape index (κ3) is 3.23. The molecular formula is C21H23N3O3. The maximum absolute atomic E-state index is 12.8. The molecule has 4 rings (SSSR count). The van der Waals surface area contributed by atoms with Crippen molar-refractivity contribution >= 4 is 23.2 Å². The number of hydrogen-bond donors (Lipinski definition) is 0. The van der Waals surface area contributed by atoms with Crippen LogP contribution in [0.15, 0.2) is 48.5 Å². The Morgan fingerprint density at radius 3 is 2.22 bits per heavy atom. The number of rotatable bonds is 2. The summed E-state index contributed by atoms with van der Waals surface area (Å²) in [6, 6.07) is 15.7. The first-order valence-electron chi connectivity index (χ1n) is 9.25. The van der Waals surface area contributed by atoms with Crippen LogP contribution in [0.25, 0.3) is 0 Å². The van der Waals surface area contributed by atoms with Crippen molar-refractivity contribution in [2.24, 2.45) is 0 Å². The highest BCUT2D eigenvalue weighted by molar-refractivity contribution is 6.40.